The predicted octanol–water partition coefficient (Wildman–Crippen LogP) is 8.56. The highest BCUT2D eigenvalue weighted by molar-refractivity contribution is 6.13. The normalized spacial score (nSPS) is 18.7. The Bertz CT molecular complexity index is 1240. The average molecular weight is 404 g/mol. The largest absolute Gasteiger partial charge is 0.310 e. The number of aryl methyl sites for hydroxylation is 1. The van der Waals surface area contributed by atoms with Gasteiger partial charge < -0.3 is 4.90 Å². The molecule has 1 nitrogen and oxygen atoms in total. The van der Waals surface area contributed by atoms with Gasteiger partial charge in [0.05, 0.1) is 5.69 Å². The predicted molar refractivity (Wildman–Crippen MR) is 135 cm³/mol. The zero-order valence-corrected chi connectivity index (χ0v) is 18.5. The van der Waals surface area contributed by atoms with Crippen molar-refractivity contribution in [1.82, 2.24) is 0 Å². The summed E-state index contributed by atoms with van der Waals surface area (Å²) in [6.45, 7) is 6.60. The van der Waals surface area contributed by atoms with Gasteiger partial charge in [0.25, 0.3) is 0 Å². The standard InChI is InChI=1S/C30H29N/c1-4-9-27(20-25-18-22(25)3)31(26-16-14-21(2)15-17-26)30-28-12-7-5-10-23(28)19-24-11-6-8-13-29(24)30/h4-17,19-20,22,25H,18H2,1-3H3/b9-4-,27-20+. The van der Waals surface area contributed by atoms with Crippen LogP contribution < -0.4 is 4.90 Å². The molecule has 1 fully saturated rings. The zero-order chi connectivity index (χ0) is 21.4. The van der Waals surface area contributed by atoms with Gasteiger partial charge in [-0.25, -0.2) is 0 Å². The minimum atomic E-state index is 0.653. The minimum Gasteiger partial charge on any atom is -0.310 e. The van der Waals surface area contributed by atoms with Crippen LogP contribution in [-0.4, -0.2) is 0 Å². The lowest BCUT2D eigenvalue weighted by molar-refractivity contribution is 0.891. The minimum absolute atomic E-state index is 0.653. The molecular formula is C30H29N. The van der Waals surface area contributed by atoms with Gasteiger partial charge >= 0.3 is 0 Å². The van der Waals surface area contributed by atoms with E-state index < -0.39 is 0 Å². The van der Waals surface area contributed by atoms with Gasteiger partial charge in [0.2, 0.25) is 0 Å². The quantitative estimate of drug-likeness (QED) is 0.238. The van der Waals surface area contributed by atoms with Crippen LogP contribution >= 0.6 is 0 Å². The monoisotopic (exact) mass is 403 g/mol. The molecule has 0 radical (unpaired) electrons. The number of fused-ring (bicyclic) bond motifs is 2. The fourth-order valence-electron chi connectivity index (χ4n) is 4.51. The van der Waals surface area contributed by atoms with E-state index in [0.717, 1.165) is 5.92 Å². The van der Waals surface area contributed by atoms with Crippen molar-refractivity contribution < 1.29 is 0 Å². The van der Waals surface area contributed by atoms with Crippen LogP contribution in [0.4, 0.5) is 11.4 Å². The van der Waals surface area contributed by atoms with Crippen molar-refractivity contribution in [2.75, 3.05) is 4.90 Å². The first-order valence-electron chi connectivity index (χ1n) is 11.3. The van der Waals surface area contributed by atoms with Crippen molar-refractivity contribution in [3.8, 4) is 0 Å². The molecule has 4 aromatic carbocycles. The number of anilines is 2. The molecule has 2 unspecified atom stereocenters. The topological polar surface area (TPSA) is 3.24 Å². The van der Waals surface area contributed by atoms with E-state index in [1.807, 2.05) is 0 Å². The van der Waals surface area contributed by atoms with Crippen LogP contribution in [0.1, 0.15) is 25.8 Å². The van der Waals surface area contributed by atoms with E-state index >= 15 is 0 Å². The molecule has 0 bridgehead atoms. The lowest BCUT2D eigenvalue weighted by atomic mass is 9.98. The Kier molecular flexibility index (Phi) is 5.11. The summed E-state index contributed by atoms with van der Waals surface area (Å²) in [6.07, 6.45) is 8.18. The van der Waals surface area contributed by atoms with Gasteiger partial charge in [-0.05, 0) is 67.2 Å². The Morgan fingerprint density at radius 2 is 1.45 bits per heavy atom. The Balaban J connectivity index is 1.85. The summed E-state index contributed by atoms with van der Waals surface area (Å²) in [5, 5.41) is 5.10. The van der Waals surface area contributed by atoms with Crippen molar-refractivity contribution in [1.29, 1.82) is 0 Å². The molecule has 0 aromatic heterocycles. The third-order valence-electron chi connectivity index (χ3n) is 6.41. The second-order valence-electron chi connectivity index (χ2n) is 8.81. The Morgan fingerprint density at radius 1 is 0.871 bits per heavy atom. The van der Waals surface area contributed by atoms with E-state index in [4.69, 9.17) is 0 Å². The molecule has 4 aromatic rings. The molecule has 2 atom stereocenters. The number of hydrogen-bond acceptors (Lipinski definition) is 1. The maximum absolute atomic E-state index is 2.47. The average Bonchev–Trinajstić information content (AvgIpc) is 3.49. The number of nitrogens with zero attached hydrogens (tertiary/aromatic N) is 1. The van der Waals surface area contributed by atoms with Crippen molar-refractivity contribution in [2.45, 2.75) is 27.2 Å². The van der Waals surface area contributed by atoms with Crippen LogP contribution in [0.15, 0.2) is 103 Å². The first-order chi connectivity index (χ1) is 15.2. The summed E-state index contributed by atoms with van der Waals surface area (Å²) in [6, 6.07) is 28.7. The summed E-state index contributed by atoms with van der Waals surface area (Å²) >= 11 is 0. The number of rotatable bonds is 5. The summed E-state index contributed by atoms with van der Waals surface area (Å²) in [5.74, 6) is 1.42. The first kappa shape index (κ1) is 19.6. The van der Waals surface area contributed by atoms with Gasteiger partial charge in [0.15, 0.2) is 0 Å². The lowest BCUT2D eigenvalue weighted by Crippen LogP contribution is -2.16. The highest BCUT2D eigenvalue weighted by Gasteiger charge is 2.31. The maximum atomic E-state index is 2.47. The summed E-state index contributed by atoms with van der Waals surface area (Å²) in [5.41, 5.74) is 4.99. The van der Waals surface area contributed by atoms with Crippen molar-refractivity contribution >= 4 is 32.9 Å². The molecule has 0 N–H and O–H groups in total. The maximum Gasteiger partial charge on any atom is 0.0618 e. The second-order valence-corrected chi connectivity index (χ2v) is 8.81. The molecule has 5 rings (SSSR count). The smallest absolute Gasteiger partial charge is 0.0618 e. The van der Waals surface area contributed by atoms with Gasteiger partial charge in [-0.3, -0.25) is 0 Å². The molecule has 0 aliphatic heterocycles. The van der Waals surface area contributed by atoms with Crippen LogP contribution in [0, 0.1) is 18.8 Å². The Morgan fingerprint density at radius 3 is 2.00 bits per heavy atom. The molecule has 1 saturated carbocycles. The van der Waals surface area contributed by atoms with E-state index in [-0.39, 0.29) is 0 Å². The summed E-state index contributed by atoms with van der Waals surface area (Å²) < 4.78 is 0. The Labute approximate surface area is 185 Å². The van der Waals surface area contributed by atoms with Gasteiger partial charge in [0.1, 0.15) is 0 Å². The number of hydrogen-bond donors (Lipinski definition) is 0. The summed E-state index contributed by atoms with van der Waals surface area (Å²) in [4.78, 5) is 2.47. The van der Waals surface area contributed by atoms with Gasteiger partial charge in [-0.1, -0.05) is 85.3 Å². The van der Waals surface area contributed by atoms with Crippen LogP contribution in [0.25, 0.3) is 21.5 Å². The van der Waals surface area contributed by atoms with Crippen LogP contribution in [0.3, 0.4) is 0 Å². The highest BCUT2D eigenvalue weighted by atomic mass is 15.1. The van der Waals surface area contributed by atoms with Crippen molar-refractivity contribution in [3.05, 3.63) is 108 Å². The van der Waals surface area contributed by atoms with Crippen LogP contribution in [0.2, 0.25) is 0 Å². The fraction of sp³-hybridized carbons (Fsp3) is 0.200. The van der Waals surface area contributed by atoms with E-state index in [9.17, 15) is 0 Å². The van der Waals surface area contributed by atoms with E-state index in [1.165, 1.54) is 50.6 Å². The molecular weight excluding hydrogens is 374 g/mol. The SMILES string of the molecule is C/C=C\C(=C/C1CC1C)N(c1ccc(C)cc1)c1c2ccccc2cc2ccccc12. The van der Waals surface area contributed by atoms with Crippen LogP contribution in [-0.2, 0) is 0 Å². The second kappa shape index (κ2) is 8.07. The van der Waals surface area contributed by atoms with Gasteiger partial charge in [-0.15, -0.1) is 0 Å². The third-order valence-corrected chi connectivity index (χ3v) is 6.41. The molecule has 154 valence electrons. The first-order valence-corrected chi connectivity index (χ1v) is 11.3. The number of allylic oxidation sites excluding steroid dienone is 3. The molecule has 1 aliphatic carbocycles. The fourth-order valence-corrected chi connectivity index (χ4v) is 4.51. The molecule has 0 spiro atoms. The van der Waals surface area contributed by atoms with E-state index in [0.29, 0.717) is 5.92 Å². The van der Waals surface area contributed by atoms with E-state index in [2.05, 4.69) is 123 Å². The zero-order valence-electron chi connectivity index (χ0n) is 18.5. The molecule has 31 heavy (non-hydrogen) atoms. The van der Waals surface area contributed by atoms with Crippen LogP contribution in [0.5, 0.6) is 0 Å². The van der Waals surface area contributed by atoms with Gasteiger partial charge in [0, 0.05) is 22.2 Å². The van der Waals surface area contributed by atoms with Crippen molar-refractivity contribution in [3.63, 3.8) is 0 Å². The third kappa shape index (κ3) is 3.77. The summed E-state index contributed by atoms with van der Waals surface area (Å²) in [7, 11) is 0. The lowest BCUT2D eigenvalue weighted by Gasteiger charge is -2.29. The van der Waals surface area contributed by atoms with Gasteiger partial charge in [-0.2, -0.15) is 0 Å². The van der Waals surface area contributed by atoms with E-state index in [1.54, 1.807) is 0 Å². The highest BCUT2D eigenvalue weighted by Crippen LogP contribution is 2.45. The molecule has 0 heterocycles. The molecule has 1 aliphatic rings. The Hall–Kier alpha value is -3.32. The molecule has 1 heteroatoms. The molecule has 0 saturated heterocycles. The van der Waals surface area contributed by atoms with Crippen molar-refractivity contribution in [2.24, 2.45) is 11.8 Å². The number of benzene rings is 4. The molecule has 0 amide bonds.